The zero-order valence-corrected chi connectivity index (χ0v) is 30.3. The molecule has 6 rings (SSSR count). The Kier molecular flexibility index (Phi) is 10.0. The van der Waals surface area contributed by atoms with Gasteiger partial charge in [0, 0.05) is 30.9 Å². The predicted molar refractivity (Wildman–Crippen MR) is 192 cm³/mol. The van der Waals surface area contributed by atoms with Crippen molar-refractivity contribution in [3.63, 3.8) is 0 Å². The zero-order valence-electron chi connectivity index (χ0n) is 29.5. The number of aromatic nitrogens is 1. The van der Waals surface area contributed by atoms with Gasteiger partial charge in [0.25, 0.3) is 11.5 Å². The topological polar surface area (TPSA) is 81.4 Å². The molecular weight excluding hydrogens is 662 g/mol. The average molecular weight is 703 g/mol. The number of fused-ring (bicyclic) bond motifs is 2. The second-order valence-electron chi connectivity index (χ2n) is 13.4. The van der Waals surface area contributed by atoms with Crippen LogP contribution in [0.15, 0.2) is 60.8 Å². The molecule has 1 aromatic heterocycles. The van der Waals surface area contributed by atoms with E-state index in [1.54, 1.807) is 0 Å². The lowest BCUT2D eigenvalue weighted by Crippen LogP contribution is -2.35. The van der Waals surface area contributed by atoms with Gasteiger partial charge in [-0.2, -0.15) is 17.7 Å². The van der Waals surface area contributed by atoms with Crippen molar-refractivity contribution in [3.05, 3.63) is 128 Å². The van der Waals surface area contributed by atoms with Crippen molar-refractivity contribution in [3.8, 4) is 0 Å². The van der Waals surface area contributed by atoms with Crippen LogP contribution in [0.25, 0.3) is 23.4 Å². The summed E-state index contributed by atoms with van der Waals surface area (Å²) in [6, 6.07) is 20.3. The van der Waals surface area contributed by atoms with E-state index in [-0.39, 0.29) is 5.78 Å². The van der Waals surface area contributed by atoms with Crippen molar-refractivity contribution in [2.75, 3.05) is 11.9 Å². The second-order valence-corrected chi connectivity index (χ2v) is 14.8. The molecular formula is C40H41F3N2O4S. The molecule has 50 heavy (non-hydrogen) atoms. The van der Waals surface area contributed by atoms with E-state index < -0.39 is 15.6 Å². The van der Waals surface area contributed by atoms with Crippen LogP contribution in [0.5, 0.6) is 0 Å². The van der Waals surface area contributed by atoms with Gasteiger partial charge in [-0.3, -0.25) is 4.79 Å². The van der Waals surface area contributed by atoms with E-state index in [2.05, 4.69) is 138 Å². The van der Waals surface area contributed by atoms with Crippen molar-refractivity contribution < 1.29 is 35.5 Å². The normalized spacial score (nSPS) is 16.0. The lowest BCUT2D eigenvalue weighted by Gasteiger charge is -2.34. The Morgan fingerprint density at radius 2 is 1.32 bits per heavy atom. The minimum atomic E-state index is -6.09. The summed E-state index contributed by atoms with van der Waals surface area (Å²) in [6.07, 6.45) is 8.70. The molecule has 3 aromatic carbocycles. The highest BCUT2D eigenvalue weighted by molar-refractivity contribution is 7.86. The Hall–Kier alpha value is -4.54. The molecule has 0 radical (unpaired) electrons. The van der Waals surface area contributed by atoms with E-state index in [0.29, 0.717) is 11.7 Å². The number of rotatable bonds is 4. The van der Waals surface area contributed by atoms with Gasteiger partial charge in [0.1, 0.15) is 5.57 Å². The maximum Gasteiger partial charge on any atom is 0.485 e. The fourth-order valence-corrected chi connectivity index (χ4v) is 7.16. The third-order valence-electron chi connectivity index (χ3n) is 9.49. The predicted octanol–water partition coefficient (Wildman–Crippen LogP) is 8.43. The maximum atomic E-state index is 14.4. The van der Waals surface area contributed by atoms with Crippen LogP contribution in [-0.4, -0.2) is 37.4 Å². The third kappa shape index (κ3) is 7.18. The van der Waals surface area contributed by atoms with Crippen molar-refractivity contribution in [2.45, 2.75) is 72.9 Å². The Balaban J connectivity index is 0.000000544. The van der Waals surface area contributed by atoms with Gasteiger partial charge >= 0.3 is 5.51 Å². The summed E-state index contributed by atoms with van der Waals surface area (Å²) >= 11 is 0. The number of carbonyl (C=O) groups is 1. The standard InChI is InChI=1S/C39H41N2O.CHF3O3S/c1-23-17-25(3)35(26(4)18-23)37-38(36-27(5)19-24(2)20-28(36)6)41-16-15-31(22-34(41)39(37)42)11-10-30-12-14-32-13-9-29(7)40(8)33(32)21-30;2-1(3,4)8(5,6)7/h10-12,14-22,29H,9,13H2,1-8H3;(H,5,6,7)/q+1;/p-1/b11-10+;. The highest BCUT2D eigenvalue weighted by atomic mass is 32.2. The number of Topliss-reactive ketones (excluding diaryl/α,β-unsaturated/α-hetero) is 1. The monoisotopic (exact) mass is 702 g/mol. The van der Waals surface area contributed by atoms with Gasteiger partial charge < -0.3 is 9.45 Å². The number of carbonyl (C=O) groups excluding carboxylic acids is 1. The Bertz CT molecular complexity index is 2150. The van der Waals surface area contributed by atoms with Gasteiger partial charge in [-0.15, -0.1) is 0 Å². The van der Waals surface area contributed by atoms with E-state index in [1.165, 1.54) is 45.5 Å². The molecule has 2 aliphatic heterocycles. The SMILES string of the molecule is Cc1cc(C)c(C2=C(c3c(C)cc(C)cc3C)[n+]3ccc(/C=C/c4ccc5c(c4)N(C)C(C)CC5)cc3C2=O)c(C)c1.O=S(=O)([O-])C(F)(F)F. The molecule has 0 aliphatic carbocycles. The van der Waals surface area contributed by atoms with Crippen LogP contribution in [0.3, 0.4) is 0 Å². The smallest absolute Gasteiger partial charge is 0.485 e. The first-order valence-corrected chi connectivity index (χ1v) is 17.8. The Labute approximate surface area is 292 Å². The molecule has 10 heteroatoms. The number of nitrogens with zero attached hydrogens (tertiary/aromatic N) is 2. The quantitative estimate of drug-likeness (QED) is 0.121. The molecule has 0 N–H and O–H groups in total. The third-order valence-corrected chi connectivity index (χ3v) is 10.1. The van der Waals surface area contributed by atoms with E-state index >= 15 is 0 Å². The molecule has 3 heterocycles. The van der Waals surface area contributed by atoms with E-state index in [1.807, 2.05) is 0 Å². The number of benzene rings is 3. The summed E-state index contributed by atoms with van der Waals surface area (Å²) in [7, 11) is -3.90. The summed E-state index contributed by atoms with van der Waals surface area (Å²) in [5, 5.41) is 0. The van der Waals surface area contributed by atoms with Crippen LogP contribution >= 0.6 is 0 Å². The van der Waals surface area contributed by atoms with Crippen LogP contribution in [0, 0.1) is 41.5 Å². The van der Waals surface area contributed by atoms with Crippen LogP contribution < -0.4 is 9.47 Å². The number of anilines is 1. The van der Waals surface area contributed by atoms with E-state index in [4.69, 9.17) is 13.0 Å². The lowest BCUT2D eigenvalue weighted by molar-refractivity contribution is -0.577. The molecule has 0 saturated carbocycles. The number of aryl methyl sites for hydroxylation is 7. The number of hydrogen-bond donors (Lipinski definition) is 0. The summed E-state index contributed by atoms with van der Waals surface area (Å²) in [4.78, 5) is 16.8. The number of pyridine rings is 1. The minimum absolute atomic E-state index is 0.0825. The highest BCUT2D eigenvalue weighted by Crippen LogP contribution is 2.38. The second kappa shape index (κ2) is 13.6. The van der Waals surface area contributed by atoms with Crippen molar-refractivity contribution in [1.29, 1.82) is 0 Å². The van der Waals surface area contributed by atoms with Crippen molar-refractivity contribution in [1.82, 2.24) is 0 Å². The summed E-state index contributed by atoms with van der Waals surface area (Å²) < 4.78 is 61.0. The molecule has 0 saturated heterocycles. The fraction of sp³-hybridized carbons (Fsp3) is 0.300. The first kappa shape index (κ1) is 36.7. The summed E-state index contributed by atoms with van der Waals surface area (Å²) in [6.45, 7) is 15.1. The average Bonchev–Trinajstić information content (AvgIpc) is 3.27. The molecule has 1 unspecified atom stereocenters. The van der Waals surface area contributed by atoms with Gasteiger partial charge in [0.15, 0.2) is 16.3 Å². The van der Waals surface area contributed by atoms with Crippen LogP contribution in [-0.2, 0) is 16.5 Å². The number of hydrogen-bond acceptors (Lipinski definition) is 5. The Morgan fingerprint density at radius 3 is 1.84 bits per heavy atom. The molecule has 0 spiro atoms. The first-order chi connectivity index (χ1) is 23.3. The highest BCUT2D eigenvalue weighted by Gasteiger charge is 2.42. The maximum absolute atomic E-state index is 14.4. The lowest BCUT2D eigenvalue weighted by atomic mass is 9.87. The molecule has 1 atom stereocenters. The number of alkyl halides is 3. The molecule has 4 aromatic rings. The van der Waals surface area contributed by atoms with Gasteiger partial charge in [-0.1, -0.05) is 59.7 Å². The van der Waals surface area contributed by atoms with Crippen molar-refractivity contribution in [2.24, 2.45) is 0 Å². The summed E-state index contributed by atoms with van der Waals surface area (Å²) in [5.41, 5.74) is 11.1. The molecule has 0 bridgehead atoms. The van der Waals surface area contributed by atoms with Crippen LogP contribution in [0.1, 0.15) is 85.0 Å². The molecule has 0 amide bonds. The van der Waals surface area contributed by atoms with E-state index in [9.17, 15) is 18.0 Å². The Morgan fingerprint density at radius 1 is 0.820 bits per heavy atom. The molecule has 2 aliphatic rings. The summed E-state index contributed by atoms with van der Waals surface area (Å²) in [5.74, 6) is 0.0825. The number of ketones is 1. The fourth-order valence-electron chi connectivity index (χ4n) is 7.16. The molecule has 262 valence electrons. The molecule has 6 nitrogen and oxygen atoms in total. The van der Waals surface area contributed by atoms with Crippen LogP contribution in [0.4, 0.5) is 18.9 Å². The first-order valence-electron chi connectivity index (χ1n) is 16.4. The van der Waals surface area contributed by atoms with Gasteiger partial charge in [-0.25, -0.2) is 8.42 Å². The molecule has 0 fully saturated rings. The van der Waals surface area contributed by atoms with Gasteiger partial charge in [-0.05, 0) is 112 Å². The largest absolute Gasteiger partial charge is 0.741 e. The van der Waals surface area contributed by atoms with E-state index in [0.717, 1.165) is 45.5 Å². The van der Waals surface area contributed by atoms with Crippen molar-refractivity contribution >= 4 is 45.0 Å². The van der Waals surface area contributed by atoms with Gasteiger partial charge in [0.05, 0.1) is 5.56 Å². The number of halogens is 3. The number of allylic oxidation sites excluding steroid dienone is 1. The van der Waals surface area contributed by atoms with Crippen LogP contribution in [0.2, 0.25) is 0 Å². The van der Waals surface area contributed by atoms with Gasteiger partial charge in [0.2, 0.25) is 5.70 Å². The zero-order chi connectivity index (χ0) is 36.9. The minimum Gasteiger partial charge on any atom is -0.741 e.